The molecule has 0 radical (unpaired) electrons. The monoisotopic (exact) mass is 349 g/mol. The molecule has 0 amide bonds. The van der Waals surface area contributed by atoms with Gasteiger partial charge in [-0.15, -0.1) is 0 Å². The van der Waals surface area contributed by atoms with E-state index in [1.165, 1.54) is 0 Å². The molecule has 0 spiro atoms. The molecule has 6 heteroatoms. The van der Waals surface area contributed by atoms with E-state index in [-0.39, 0.29) is 11.5 Å². The van der Waals surface area contributed by atoms with Crippen LogP contribution in [0, 0.1) is 20.8 Å². The van der Waals surface area contributed by atoms with Crippen molar-refractivity contribution in [3.8, 4) is 5.75 Å². The SMILES string of the molecule is COc1cc(C)c(S(=O)(=O)N[C@@H](CO)c2ccccc2)c(C)c1C. The second kappa shape index (κ2) is 7.34. The van der Waals surface area contributed by atoms with Gasteiger partial charge in [0.2, 0.25) is 10.0 Å². The molecule has 0 unspecified atom stereocenters. The number of hydrogen-bond donors (Lipinski definition) is 2. The van der Waals surface area contributed by atoms with Crippen LogP contribution in [0.2, 0.25) is 0 Å². The van der Waals surface area contributed by atoms with Crippen LogP contribution in [0.4, 0.5) is 0 Å². The molecule has 2 rings (SSSR count). The van der Waals surface area contributed by atoms with Crippen molar-refractivity contribution < 1.29 is 18.3 Å². The van der Waals surface area contributed by atoms with Gasteiger partial charge < -0.3 is 9.84 Å². The van der Waals surface area contributed by atoms with Crippen LogP contribution in [0.5, 0.6) is 5.75 Å². The van der Waals surface area contributed by atoms with E-state index in [9.17, 15) is 13.5 Å². The number of benzene rings is 2. The van der Waals surface area contributed by atoms with Crippen LogP contribution < -0.4 is 9.46 Å². The van der Waals surface area contributed by atoms with E-state index in [1.807, 2.05) is 13.0 Å². The van der Waals surface area contributed by atoms with Crippen molar-refractivity contribution in [2.24, 2.45) is 0 Å². The second-order valence-electron chi connectivity index (χ2n) is 5.74. The van der Waals surface area contributed by atoms with Gasteiger partial charge in [-0.05, 0) is 49.1 Å². The Morgan fingerprint density at radius 1 is 1.12 bits per heavy atom. The summed E-state index contributed by atoms with van der Waals surface area (Å²) in [5.74, 6) is 0.658. The van der Waals surface area contributed by atoms with Gasteiger partial charge in [-0.1, -0.05) is 30.3 Å². The fraction of sp³-hybridized carbons (Fsp3) is 0.333. The van der Waals surface area contributed by atoms with E-state index < -0.39 is 16.1 Å². The Morgan fingerprint density at radius 2 is 1.75 bits per heavy atom. The number of hydrogen-bond acceptors (Lipinski definition) is 4. The summed E-state index contributed by atoms with van der Waals surface area (Å²) >= 11 is 0. The molecule has 2 N–H and O–H groups in total. The van der Waals surface area contributed by atoms with Crippen molar-refractivity contribution in [3.05, 3.63) is 58.7 Å². The van der Waals surface area contributed by atoms with Gasteiger partial charge in [0.15, 0.2) is 0 Å². The van der Waals surface area contributed by atoms with Crippen molar-refractivity contribution in [3.63, 3.8) is 0 Å². The fourth-order valence-corrected chi connectivity index (χ4v) is 4.53. The smallest absolute Gasteiger partial charge is 0.241 e. The highest BCUT2D eigenvalue weighted by molar-refractivity contribution is 7.89. The van der Waals surface area contributed by atoms with Crippen LogP contribution >= 0.6 is 0 Å². The lowest BCUT2D eigenvalue weighted by atomic mass is 10.1. The number of nitrogens with one attached hydrogen (secondary N) is 1. The maximum atomic E-state index is 12.9. The largest absolute Gasteiger partial charge is 0.496 e. The molecule has 0 aliphatic heterocycles. The van der Waals surface area contributed by atoms with Gasteiger partial charge in [-0.3, -0.25) is 0 Å². The van der Waals surface area contributed by atoms with E-state index in [1.54, 1.807) is 51.3 Å². The van der Waals surface area contributed by atoms with Crippen molar-refractivity contribution in [1.29, 1.82) is 0 Å². The van der Waals surface area contributed by atoms with Crippen molar-refractivity contribution in [2.45, 2.75) is 31.7 Å². The second-order valence-corrected chi connectivity index (χ2v) is 7.39. The van der Waals surface area contributed by atoms with Crippen LogP contribution in [-0.4, -0.2) is 27.2 Å². The third-order valence-electron chi connectivity index (χ3n) is 4.15. The third-order valence-corrected chi connectivity index (χ3v) is 5.91. The van der Waals surface area contributed by atoms with Crippen molar-refractivity contribution in [2.75, 3.05) is 13.7 Å². The first-order valence-corrected chi connectivity index (χ1v) is 9.13. The Hall–Kier alpha value is -1.89. The zero-order valence-corrected chi connectivity index (χ0v) is 15.1. The molecular formula is C18H23NO4S. The number of aryl methyl sites for hydroxylation is 1. The Labute approximate surface area is 143 Å². The first kappa shape index (κ1) is 18.4. The summed E-state index contributed by atoms with van der Waals surface area (Å²) in [6, 6.07) is 10.0. The Morgan fingerprint density at radius 3 is 2.29 bits per heavy atom. The molecule has 1 atom stereocenters. The summed E-state index contributed by atoms with van der Waals surface area (Å²) in [5.41, 5.74) is 2.74. The molecule has 2 aromatic carbocycles. The molecule has 2 aromatic rings. The lowest BCUT2D eigenvalue weighted by Gasteiger charge is -2.20. The molecule has 5 nitrogen and oxygen atoms in total. The predicted molar refractivity (Wildman–Crippen MR) is 93.8 cm³/mol. The van der Waals surface area contributed by atoms with E-state index in [4.69, 9.17) is 4.74 Å². The molecule has 0 aliphatic carbocycles. The number of aliphatic hydroxyl groups excluding tert-OH is 1. The van der Waals surface area contributed by atoms with E-state index in [0.29, 0.717) is 22.4 Å². The average molecular weight is 349 g/mol. The molecule has 130 valence electrons. The molecule has 0 aliphatic rings. The summed E-state index contributed by atoms with van der Waals surface area (Å²) in [5, 5.41) is 9.62. The quantitative estimate of drug-likeness (QED) is 0.841. The van der Waals surface area contributed by atoms with Crippen LogP contribution in [0.15, 0.2) is 41.3 Å². The molecule has 0 saturated heterocycles. The molecule has 0 saturated carbocycles. The van der Waals surface area contributed by atoms with E-state index in [0.717, 1.165) is 5.56 Å². The number of ether oxygens (including phenoxy) is 1. The topological polar surface area (TPSA) is 75.6 Å². The zero-order chi connectivity index (χ0) is 17.9. The van der Waals surface area contributed by atoms with Crippen molar-refractivity contribution >= 4 is 10.0 Å². The predicted octanol–water partition coefficient (Wildman–Crippen LogP) is 2.63. The molecule has 24 heavy (non-hydrogen) atoms. The summed E-state index contributed by atoms with van der Waals surface area (Å²) in [6.07, 6.45) is 0. The summed E-state index contributed by atoms with van der Waals surface area (Å²) in [4.78, 5) is 0.232. The maximum absolute atomic E-state index is 12.9. The number of sulfonamides is 1. The summed E-state index contributed by atoms with van der Waals surface area (Å²) in [6.45, 7) is 5.00. The van der Waals surface area contributed by atoms with Gasteiger partial charge in [0.1, 0.15) is 5.75 Å². The van der Waals surface area contributed by atoms with Gasteiger partial charge in [0.25, 0.3) is 0 Å². The number of methoxy groups -OCH3 is 1. The van der Waals surface area contributed by atoms with Crippen molar-refractivity contribution in [1.82, 2.24) is 4.72 Å². The highest BCUT2D eigenvalue weighted by atomic mass is 32.2. The lowest BCUT2D eigenvalue weighted by Crippen LogP contribution is -2.32. The molecule has 0 bridgehead atoms. The number of aliphatic hydroxyl groups is 1. The molecule has 0 fully saturated rings. The highest BCUT2D eigenvalue weighted by Crippen LogP contribution is 2.31. The Kier molecular flexibility index (Phi) is 5.64. The number of rotatable bonds is 6. The maximum Gasteiger partial charge on any atom is 0.241 e. The first-order chi connectivity index (χ1) is 11.3. The van der Waals surface area contributed by atoms with E-state index >= 15 is 0 Å². The lowest BCUT2D eigenvalue weighted by molar-refractivity contribution is 0.259. The Balaban J connectivity index is 2.46. The van der Waals surface area contributed by atoms with E-state index in [2.05, 4.69) is 4.72 Å². The van der Waals surface area contributed by atoms with Gasteiger partial charge in [0.05, 0.1) is 24.7 Å². The molecule has 0 aromatic heterocycles. The highest BCUT2D eigenvalue weighted by Gasteiger charge is 2.26. The fourth-order valence-electron chi connectivity index (χ4n) is 2.79. The molecular weight excluding hydrogens is 326 g/mol. The Bertz CT molecular complexity index is 817. The minimum absolute atomic E-state index is 0.232. The van der Waals surface area contributed by atoms with Gasteiger partial charge in [-0.2, -0.15) is 0 Å². The van der Waals surface area contributed by atoms with Crippen LogP contribution in [0.1, 0.15) is 28.3 Å². The average Bonchev–Trinajstić information content (AvgIpc) is 2.56. The standard InChI is InChI=1S/C18H23NO4S/c1-12-10-17(23-4)13(2)14(3)18(12)24(21,22)19-16(11-20)15-8-6-5-7-9-15/h5-10,16,19-20H,11H2,1-4H3/t16-/m0/s1. The van der Waals surface area contributed by atoms with Crippen LogP contribution in [0.3, 0.4) is 0 Å². The van der Waals surface area contributed by atoms with Gasteiger partial charge in [-0.25, -0.2) is 13.1 Å². The third kappa shape index (κ3) is 3.61. The normalized spacial score (nSPS) is 12.9. The van der Waals surface area contributed by atoms with Crippen LogP contribution in [-0.2, 0) is 10.0 Å². The van der Waals surface area contributed by atoms with Crippen LogP contribution in [0.25, 0.3) is 0 Å². The van der Waals surface area contributed by atoms with Gasteiger partial charge >= 0.3 is 0 Å². The zero-order valence-electron chi connectivity index (χ0n) is 14.3. The summed E-state index contributed by atoms with van der Waals surface area (Å²) in [7, 11) is -2.23. The summed E-state index contributed by atoms with van der Waals surface area (Å²) < 4.78 is 33.7. The molecule has 0 heterocycles. The minimum Gasteiger partial charge on any atom is -0.496 e. The minimum atomic E-state index is -3.79. The first-order valence-electron chi connectivity index (χ1n) is 7.64. The van der Waals surface area contributed by atoms with Gasteiger partial charge in [0, 0.05) is 0 Å².